The van der Waals surface area contributed by atoms with Gasteiger partial charge >= 0.3 is 0 Å². The number of pyridine rings is 1. The Morgan fingerprint density at radius 1 is 1.32 bits per heavy atom. The van der Waals surface area contributed by atoms with E-state index in [0.717, 1.165) is 17.4 Å². The van der Waals surface area contributed by atoms with Gasteiger partial charge in [-0.05, 0) is 44.2 Å². The van der Waals surface area contributed by atoms with Crippen LogP contribution in [0.15, 0.2) is 6.07 Å². The largest absolute Gasteiger partial charge is 0.356 e. The van der Waals surface area contributed by atoms with Crippen molar-refractivity contribution in [1.82, 2.24) is 4.98 Å². The van der Waals surface area contributed by atoms with E-state index in [9.17, 15) is 0 Å². The van der Waals surface area contributed by atoms with Gasteiger partial charge in [0.15, 0.2) is 0 Å². The number of anilines is 1. The SMILES string of the molecule is Cc1cc(C)c(CCl)c(N(C)C2CCCCC2C)n1. The maximum Gasteiger partial charge on any atom is 0.133 e. The van der Waals surface area contributed by atoms with Gasteiger partial charge in [0.1, 0.15) is 5.82 Å². The molecule has 0 amide bonds. The molecule has 2 unspecified atom stereocenters. The van der Waals surface area contributed by atoms with E-state index in [1.165, 1.54) is 36.8 Å². The van der Waals surface area contributed by atoms with Crippen LogP contribution in [0.1, 0.15) is 49.4 Å². The molecule has 1 saturated carbocycles. The smallest absolute Gasteiger partial charge is 0.133 e. The molecule has 2 atom stereocenters. The number of halogens is 1. The molecule has 0 saturated heterocycles. The minimum Gasteiger partial charge on any atom is -0.356 e. The number of rotatable bonds is 3. The molecule has 0 radical (unpaired) electrons. The molecule has 1 aliphatic rings. The fourth-order valence-electron chi connectivity index (χ4n) is 3.33. The van der Waals surface area contributed by atoms with Crippen molar-refractivity contribution < 1.29 is 0 Å². The van der Waals surface area contributed by atoms with Crippen molar-refractivity contribution in [3.8, 4) is 0 Å². The number of alkyl halides is 1. The van der Waals surface area contributed by atoms with E-state index in [0.29, 0.717) is 11.9 Å². The van der Waals surface area contributed by atoms with Gasteiger partial charge in [-0.2, -0.15) is 0 Å². The van der Waals surface area contributed by atoms with Gasteiger partial charge in [0.2, 0.25) is 0 Å². The fourth-order valence-corrected chi connectivity index (χ4v) is 3.66. The summed E-state index contributed by atoms with van der Waals surface area (Å²) in [6, 6.07) is 2.73. The minimum absolute atomic E-state index is 0.542. The summed E-state index contributed by atoms with van der Waals surface area (Å²) in [5.74, 6) is 2.37. The summed E-state index contributed by atoms with van der Waals surface area (Å²) >= 11 is 6.14. The number of hydrogen-bond donors (Lipinski definition) is 0. The first-order chi connectivity index (χ1) is 9.04. The molecule has 2 rings (SSSR count). The predicted octanol–water partition coefficient (Wildman–Crippen LogP) is 4.45. The molecule has 19 heavy (non-hydrogen) atoms. The second-order valence-corrected chi connectivity index (χ2v) is 6.22. The molecule has 0 aromatic carbocycles. The van der Waals surface area contributed by atoms with Crippen LogP contribution >= 0.6 is 11.6 Å². The van der Waals surface area contributed by atoms with Gasteiger partial charge in [-0.3, -0.25) is 0 Å². The first-order valence-corrected chi connectivity index (χ1v) is 7.84. The minimum atomic E-state index is 0.542. The molecule has 1 aliphatic carbocycles. The van der Waals surface area contributed by atoms with Crippen molar-refractivity contribution in [2.45, 2.75) is 58.4 Å². The van der Waals surface area contributed by atoms with Gasteiger partial charge < -0.3 is 4.90 Å². The standard InChI is InChI=1S/C16H25ClN2/c1-11-7-5-6-8-15(11)19(4)16-14(10-17)12(2)9-13(3)18-16/h9,11,15H,5-8,10H2,1-4H3. The summed E-state index contributed by atoms with van der Waals surface area (Å²) in [6.07, 6.45) is 5.30. The van der Waals surface area contributed by atoms with E-state index in [1.807, 2.05) is 0 Å². The van der Waals surface area contributed by atoms with Gasteiger partial charge in [0.25, 0.3) is 0 Å². The van der Waals surface area contributed by atoms with Crippen LogP contribution in [-0.4, -0.2) is 18.1 Å². The number of aryl methyl sites for hydroxylation is 2. The lowest BCUT2D eigenvalue weighted by Gasteiger charge is -2.38. The Morgan fingerprint density at radius 3 is 2.63 bits per heavy atom. The number of nitrogens with zero attached hydrogens (tertiary/aromatic N) is 2. The Balaban J connectivity index is 2.34. The van der Waals surface area contributed by atoms with Crippen LogP contribution in [0.5, 0.6) is 0 Å². The van der Waals surface area contributed by atoms with Crippen molar-refractivity contribution in [1.29, 1.82) is 0 Å². The van der Waals surface area contributed by atoms with E-state index in [1.54, 1.807) is 0 Å². The highest BCUT2D eigenvalue weighted by Gasteiger charge is 2.27. The summed E-state index contributed by atoms with van der Waals surface area (Å²) < 4.78 is 0. The molecule has 2 nitrogen and oxygen atoms in total. The zero-order chi connectivity index (χ0) is 14.0. The highest BCUT2D eigenvalue weighted by atomic mass is 35.5. The lowest BCUT2D eigenvalue weighted by Crippen LogP contribution is -2.40. The van der Waals surface area contributed by atoms with E-state index < -0.39 is 0 Å². The Bertz CT molecular complexity index is 445. The van der Waals surface area contributed by atoms with Gasteiger partial charge in [-0.15, -0.1) is 11.6 Å². The van der Waals surface area contributed by atoms with Crippen molar-refractivity contribution in [2.24, 2.45) is 5.92 Å². The van der Waals surface area contributed by atoms with Crippen molar-refractivity contribution in [2.75, 3.05) is 11.9 Å². The first-order valence-electron chi connectivity index (χ1n) is 7.30. The number of hydrogen-bond acceptors (Lipinski definition) is 2. The normalized spacial score (nSPS) is 23.4. The zero-order valence-corrected chi connectivity index (χ0v) is 13.3. The third kappa shape index (κ3) is 3.05. The van der Waals surface area contributed by atoms with Crippen molar-refractivity contribution in [3.63, 3.8) is 0 Å². The second kappa shape index (κ2) is 6.13. The highest BCUT2D eigenvalue weighted by Crippen LogP contribution is 2.32. The van der Waals surface area contributed by atoms with Crippen LogP contribution in [-0.2, 0) is 5.88 Å². The van der Waals surface area contributed by atoms with E-state index in [4.69, 9.17) is 16.6 Å². The molecule has 0 bridgehead atoms. The monoisotopic (exact) mass is 280 g/mol. The molecule has 0 spiro atoms. The van der Waals surface area contributed by atoms with Gasteiger partial charge in [0.05, 0.1) is 5.88 Å². The maximum absolute atomic E-state index is 6.14. The van der Waals surface area contributed by atoms with Crippen LogP contribution in [0, 0.1) is 19.8 Å². The molecule has 1 fully saturated rings. The van der Waals surface area contributed by atoms with Gasteiger partial charge in [0, 0.05) is 24.3 Å². The Morgan fingerprint density at radius 2 is 2.00 bits per heavy atom. The molecule has 0 aliphatic heterocycles. The molecule has 1 heterocycles. The van der Waals surface area contributed by atoms with Crippen LogP contribution in [0.25, 0.3) is 0 Å². The molecular formula is C16H25ClN2. The summed E-state index contributed by atoms with van der Waals surface area (Å²) in [5, 5.41) is 0. The fraction of sp³-hybridized carbons (Fsp3) is 0.688. The topological polar surface area (TPSA) is 16.1 Å². The number of aromatic nitrogens is 1. The maximum atomic E-state index is 6.14. The van der Waals surface area contributed by atoms with Crippen molar-refractivity contribution >= 4 is 17.4 Å². The van der Waals surface area contributed by atoms with Crippen LogP contribution < -0.4 is 4.90 Å². The average Bonchev–Trinajstić information content (AvgIpc) is 2.37. The lowest BCUT2D eigenvalue weighted by atomic mass is 9.85. The quantitative estimate of drug-likeness (QED) is 0.761. The third-order valence-electron chi connectivity index (χ3n) is 4.48. The molecule has 3 heteroatoms. The summed E-state index contributed by atoms with van der Waals surface area (Å²) in [4.78, 5) is 7.13. The lowest BCUT2D eigenvalue weighted by molar-refractivity contribution is 0.320. The van der Waals surface area contributed by atoms with Crippen LogP contribution in [0.3, 0.4) is 0 Å². The average molecular weight is 281 g/mol. The van der Waals surface area contributed by atoms with E-state index >= 15 is 0 Å². The van der Waals surface area contributed by atoms with Crippen LogP contribution in [0.4, 0.5) is 5.82 Å². The van der Waals surface area contributed by atoms with Gasteiger partial charge in [-0.1, -0.05) is 19.8 Å². The highest BCUT2D eigenvalue weighted by molar-refractivity contribution is 6.17. The van der Waals surface area contributed by atoms with Crippen LogP contribution in [0.2, 0.25) is 0 Å². The van der Waals surface area contributed by atoms with Gasteiger partial charge in [-0.25, -0.2) is 4.98 Å². The third-order valence-corrected chi connectivity index (χ3v) is 4.75. The van der Waals surface area contributed by atoms with E-state index in [2.05, 4.69) is 38.8 Å². The Kier molecular flexibility index (Phi) is 4.72. The second-order valence-electron chi connectivity index (χ2n) is 5.96. The Labute approximate surface area is 122 Å². The summed E-state index contributed by atoms with van der Waals surface area (Å²) in [7, 11) is 2.18. The molecule has 1 aromatic rings. The summed E-state index contributed by atoms with van der Waals surface area (Å²) in [5.41, 5.74) is 3.53. The zero-order valence-electron chi connectivity index (χ0n) is 12.5. The molecule has 0 N–H and O–H groups in total. The first kappa shape index (κ1) is 14.6. The Hall–Kier alpha value is -0.760. The van der Waals surface area contributed by atoms with E-state index in [-0.39, 0.29) is 0 Å². The summed E-state index contributed by atoms with van der Waals surface area (Å²) in [6.45, 7) is 6.56. The molecular weight excluding hydrogens is 256 g/mol. The van der Waals surface area contributed by atoms with Crippen molar-refractivity contribution in [3.05, 3.63) is 22.9 Å². The molecule has 106 valence electrons. The molecule has 1 aromatic heterocycles. The predicted molar refractivity (Wildman–Crippen MR) is 83.1 cm³/mol.